The van der Waals surface area contributed by atoms with Crippen molar-refractivity contribution >= 4 is 44.2 Å². The molecule has 0 unspecified atom stereocenters. The first-order valence-electron chi connectivity index (χ1n) is 6.97. The smallest absolute Gasteiger partial charge is 0.161 e. The minimum atomic E-state index is 0.595. The Morgan fingerprint density at radius 1 is 1.09 bits per heavy atom. The second kappa shape index (κ2) is 5.25. The maximum Gasteiger partial charge on any atom is 0.161 e. The van der Waals surface area contributed by atoms with Crippen molar-refractivity contribution in [2.75, 3.05) is 0 Å². The summed E-state index contributed by atoms with van der Waals surface area (Å²) in [5, 5.41) is 5.99. The highest BCUT2D eigenvalue weighted by Gasteiger charge is 2.12. The number of pyridine rings is 2. The van der Waals surface area contributed by atoms with Crippen LogP contribution in [0.5, 0.6) is 0 Å². The molecule has 0 radical (unpaired) electrons. The van der Waals surface area contributed by atoms with Crippen molar-refractivity contribution in [3.8, 4) is 11.4 Å². The summed E-state index contributed by atoms with van der Waals surface area (Å²) in [5.41, 5.74) is 4.82. The number of hydrogen-bond donors (Lipinski definition) is 0. The predicted molar refractivity (Wildman–Crippen MR) is 93.7 cm³/mol. The van der Waals surface area contributed by atoms with Gasteiger partial charge in [0.2, 0.25) is 0 Å². The molecule has 4 aromatic rings. The van der Waals surface area contributed by atoms with E-state index in [1.807, 2.05) is 38.2 Å². The zero-order valence-corrected chi connectivity index (χ0v) is 14.7. The first-order chi connectivity index (χ1) is 11.0. The van der Waals surface area contributed by atoms with Crippen molar-refractivity contribution in [1.82, 2.24) is 24.6 Å². The molecule has 0 fully saturated rings. The van der Waals surface area contributed by atoms with Crippen LogP contribution in [0.2, 0.25) is 5.02 Å². The van der Waals surface area contributed by atoms with Crippen LogP contribution in [0.3, 0.4) is 0 Å². The molecule has 7 heteroatoms. The Bertz CT molecular complexity index is 1070. The lowest BCUT2D eigenvalue weighted by Crippen LogP contribution is -1.98. The highest BCUT2D eigenvalue weighted by molar-refractivity contribution is 9.10. The van der Waals surface area contributed by atoms with E-state index in [4.69, 9.17) is 11.6 Å². The Morgan fingerprint density at radius 2 is 1.91 bits per heavy atom. The van der Waals surface area contributed by atoms with E-state index in [2.05, 4.69) is 36.0 Å². The van der Waals surface area contributed by atoms with E-state index in [1.54, 1.807) is 10.7 Å². The van der Waals surface area contributed by atoms with E-state index >= 15 is 0 Å². The maximum atomic E-state index is 6.40. The van der Waals surface area contributed by atoms with E-state index < -0.39 is 0 Å². The lowest BCUT2D eigenvalue weighted by molar-refractivity contribution is 0.929. The minimum Gasteiger partial charge on any atom is -0.235 e. The molecule has 4 aromatic heterocycles. The summed E-state index contributed by atoms with van der Waals surface area (Å²) < 4.78 is 2.64. The number of aryl methyl sites for hydroxylation is 2. The van der Waals surface area contributed by atoms with Crippen LogP contribution in [0.1, 0.15) is 11.3 Å². The van der Waals surface area contributed by atoms with Crippen molar-refractivity contribution in [2.45, 2.75) is 13.8 Å². The molecule has 0 N–H and O–H groups in total. The molecule has 0 bridgehead atoms. The number of nitrogens with zero attached hydrogens (tertiary/aromatic N) is 5. The molecule has 23 heavy (non-hydrogen) atoms. The van der Waals surface area contributed by atoms with Gasteiger partial charge in [0.1, 0.15) is 5.69 Å². The van der Waals surface area contributed by atoms with Crippen molar-refractivity contribution in [2.24, 2.45) is 0 Å². The van der Waals surface area contributed by atoms with Gasteiger partial charge in [0.15, 0.2) is 11.3 Å². The molecule has 0 aliphatic rings. The average Bonchev–Trinajstić information content (AvgIpc) is 2.89. The molecule has 0 spiro atoms. The third-order valence-corrected chi connectivity index (χ3v) is 4.32. The van der Waals surface area contributed by atoms with Crippen LogP contribution in [0.25, 0.3) is 28.1 Å². The monoisotopic (exact) mass is 387 g/mol. The second-order valence-corrected chi connectivity index (χ2v) is 6.70. The van der Waals surface area contributed by atoms with Crippen molar-refractivity contribution in [3.63, 3.8) is 0 Å². The Kier molecular flexibility index (Phi) is 3.32. The van der Waals surface area contributed by atoms with Crippen LogP contribution >= 0.6 is 27.5 Å². The summed E-state index contributed by atoms with van der Waals surface area (Å²) >= 11 is 9.80. The predicted octanol–water partition coefficient (Wildman–Crippen LogP) is 4.37. The molecule has 0 saturated carbocycles. The lowest BCUT2D eigenvalue weighted by atomic mass is 10.2. The molecule has 0 aliphatic heterocycles. The lowest BCUT2D eigenvalue weighted by Gasteiger charge is -2.06. The summed E-state index contributed by atoms with van der Waals surface area (Å²) in [6.45, 7) is 3.95. The first-order valence-corrected chi connectivity index (χ1v) is 8.14. The van der Waals surface area contributed by atoms with Crippen LogP contribution in [-0.2, 0) is 0 Å². The van der Waals surface area contributed by atoms with E-state index in [1.165, 1.54) is 0 Å². The van der Waals surface area contributed by atoms with Crippen LogP contribution in [0.15, 0.2) is 35.1 Å². The number of aromatic nitrogens is 5. The van der Waals surface area contributed by atoms with Gasteiger partial charge in [0, 0.05) is 16.1 Å². The Hall–Kier alpha value is -2.05. The summed E-state index contributed by atoms with van der Waals surface area (Å²) in [4.78, 5) is 13.4. The Morgan fingerprint density at radius 3 is 2.74 bits per heavy atom. The Balaban J connectivity index is 1.96. The van der Waals surface area contributed by atoms with Crippen LogP contribution in [-0.4, -0.2) is 24.6 Å². The highest BCUT2D eigenvalue weighted by atomic mass is 79.9. The van der Waals surface area contributed by atoms with Gasteiger partial charge in [0.25, 0.3) is 0 Å². The molecule has 0 atom stereocenters. The van der Waals surface area contributed by atoms with Gasteiger partial charge in [-0.1, -0.05) is 11.6 Å². The van der Waals surface area contributed by atoms with Crippen LogP contribution < -0.4 is 0 Å². The molecule has 4 rings (SSSR count). The van der Waals surface area contributed by atoms with E-state index in [0.717, 1.165) is 32.5 Å². The fourth-order valence-corrected chi connectivity index (χ4v) is 3.12. The topological polar surface area (TPSA) is 56.0 Å². The molecule has 114 valence electrons. The fraction of sp³-hybridized carbons (Fsp3) is 0.125. The van der Waals surface area contributed by atoms with E-state index in [9.17, 15) is 0 Å². The number of hydrogen-bond acceptors (Lipinski definition) is 4. The second-order valence-electron chi connectivity index (χ2n) is 5.38. The minimum absolute atomic E-state index is 0.595. The van der Waals surface area contributed by atoms with E-state index in [-0.39, 0.29) is 0 Å². The highest BCUT2D eigenvalue weighted by Crippen LogP contribution is 2.28. The van der Waals surface area contributed by atoms with Crippen LogP contribution in [0, 0.1) is 13.8 Å². The average molecular weight is 389 g/mol. The molecule has 0 aliphatic carbocycles. The van der Waals surface area contributed by atoms with Crippen molar-refractivity contribution < 1.29 is 0 Å². The van der Waals surface area contributed by atoms with Crippen LogP contribution in [0.4, 0.5) is 0 Å². The Labute approximate surface area is 145 Å². The van der Waals surface area contributed by atoms with Gasteiger partial charge < -0.3 is 0 Å². The molecule has 0 amide bonds. The van der Waals surface area contributed by atoms with Crippen molar-refractivity contribution in [3.05, 3.63) is 51.3 Å². The van der Waals surface area contributed by atoms with Gasteiger partial charge in [-0.3, -0.25) is 0 Å². The van der Waals surface area contributed by atoms with Gasteiger partial charge >= 0.3 is 0 Å². The standard InChI is InChI=1S/C16H11BrClN5/c1-8-3-14(22-23-7-9(2)20-16(8)23)13-5-12(18)11-4-10(17)6-19-15(11)21-13/h3-7H,1-2H3. The zero-order chi connectivity index (χ0) is 16.1. The normalized spacial score (nSPS) is 11.5. The molecular weight excluding hydrogens is 378 g/mol. The third-order valence-electron chi connectivity index (χ3n) is 3.57. The summed E-state index contributed by atoms with van der Waals surface area (Å²) in [7, 11) is 0. The van der Waals surface area contributed by atoms with Gasteiger partial charge in [-0.15, -0.1) is 0 Å². The van der Waals surface area contributed by atoms with Gasteiger partial charge in [-0.05, 0) is 53.5 Å². The number of fused-ring (bicyclic) bond motifs is 2. The number of rotatable bonds is 1. The number of imidazole rings is 1. The van der Waals surface area contributed by atoms with E-state index in [0.29, 0.717) is 16.4 Å². The third kappa shape index (κ3) is 2.48. The summed E-state index contributed by atoms with van der Waals surface area (Å²) in [6.07, 6.45) is 3.60. The quantitative estimate of drug-likeness (QED) is 0.486. The van der Waals surface area contributed by atoms with Gasteiger partial charge in [0.05, 0.1) is 22.6 Å². The fourth-order valence-electron chi connectivity index (χ4n) is 2.54. The zero-order valence-electron chi connectivity index (χ0n) is 12.4. The van der Waals surface area contributed by atoms with Gasteiger partial charge in [-0.25, -0.2) is 19.5 Å². The van der Waals surface area contributed by atoms with Crippen molar-refractivity contribution in [1.29, 1.82) is 0 Å². The molecule has 4 heterocycles. The number of halogens is 2. The summed E-state index contributed by atoms with van der Waals surface area (Å²) in [6, 6.07) is 5.68. The molecule has 0 aromatic carbocycles. The maximum absolute atomic E-state index is 6.40. The molecule has 5 nitrogen and oxygen atoms in total. The molecule has 0 saturated heterocycles. The largest absolute Gasteiger partial charge is 0.235 e. The first kappa shape index (κ1) is 14.5. The summed E-state index contributed by atoms with van der Waals surface area (Å²) in [5.74, 6) is 0. The molecular formula is C16H11BrClN5. The SMILES string of the molecule is Cc1cn2nc(-c3cc(Cl)c4cc(Br)cnc4n3)cc(C)c2n1. The van der Waals surface area contributed by atoms with Gasteiger partial charge in [-0.2, -0.15) is 5.10 Å².